The van der Waals surface area contributed by atoms with Crippen LogP contribution in [0.25, 0.3) is 0 Å². The molecule has 0 aromatic heterocycles. The number of methoxy groups -OCH3 is 1. The van der Waals surface area contributed by atoms with Crippen LogP contribution < -0.4 is 5.32 Å². The molecule has 1 rings (SSSR count). The van der Waals surface area contributed by atoms with Crippen LogP contribution in [0.5, 0.6) is 0 Å². The normalized spacial score (nSPS) is 12.2. The summed E-state index contributed by atoms with van der Waals surface area (Å²) in [7, 11) is 1.62. The van der Waals surface area contributed by atoms with Crippen LogP contribution in [0.1, 0.15) is 18.9 Å². The zero-order valence-corrected chi connectivity index (χ0v) is 13.6. The van der Waals surface area contributed by atoms with Gasteiger partial charge in [-0.05, 0) is 31.0 Å². The standard InChI is InChI=1S/C15H22BrNO3/c1-12(11-13-3-5-14(16)6-4-13)17-15(18)7-8-20-10-9-19-2/h3-6,12H,7-11H2,1-2H3,(H,17,18). The third kappa shape index (κ3) is 7.62. The Morgan fingerprint density at radius 2 is 1.95 bits per heavy atom. The van der Waals surface area contributed by atoms with E-state index in [0.717, 1.165) is 10.9 Å². The molecule has 0 saturated heterocycles. The lowest BCUT2D eigenvalue weighted by molar-refractivity contribution is -0.122. The smallest absolute Gasteiger partial charge is 0.222 e. The Hall–Kier alpha value is -0.910. The first-order chi connectivity index (χ1) is 9.61. The number of benzene rings is 1. The maximum atomic E-state index is 11.7. The summed E-state index contributed by atoms with van der Waals surface area (Å²) in [6.45, 7) is 3.52. The summed E-state index contributed by atoms with van der Waals surface area (Å²) < 4.78 is 11.2. The van der Waals surface area contributed by atoms with E-state index in [1.54, 1.807) is 7.11 Å². The van der Waals surface area contributed by atoms with Crippen LogP contribution in [0, 0.1) is 0 Å². The Morgan fingerprint density at radius 3 is 2.60 bits per heavy atom. The van der Waals surface area contributed by atoms with Gasteiger partial charge in [0.2, 0.25) is 5.91 Å². The SMILES string of the molecule is COCCOCCC(=O)NC(C)Cc1ccc(Br)cc1. The summed E-state index contributed by atoms with van der Waals surface area (Å²) in [6, 6.07) is 8.24. The van der Waals surface area contributed by atoms with Crippen molar-refractivity contribution in [1.82, 2.24) is 5.32 Å². The lowest BCUT2D eigenvalue weighted by atomic mass is 10.1. The molecule has 0 heterocycles. The molecule has 0 aliphatic carbocycles. The van der Waals surface area contributed by atoms with Crippen LogP contribution in [-0.2, 0) is 20.7 Å². The Labute approximate surface area is 129 Å². The Bertz CT molecular complexity index is 395. The molecule has 20 heavy (non-hydrogen) atoms. The van der Waals surface area contributed by atoms with E-state index in [-0.39, 0.29) is 11.9 Å². The predicted molar refractivity (Wildman–Crippen MR) is 82.8 cm³/mol. The minimum absolute atomic E-state index is 0.0204. The molecule has 112 valence electrons. The quantitative estimate of drug-likeness (QED) is 0.701. The molecule has 1 aromatic rings. The van der Waals surface area contributed by atoms with Crippen molar-refractivity contribution >= 4 is 21.8 Å². The number of rotatable bonds is 9. The van der Waals surface area contributed by atoms with Gasteiger partial charge >= 0.3 is 0 Å². The van der Waals surface area contributed by atoms with Crippen LogP contribution >= 0.6 is 15.9 Å². The number of hydrogen-bond acceptors (Lipinski definition) is 3. The van der Waals surface area contributed by atoms with E-state index in [1.807, 2.05) is 19.1 Å². The molecule has 0 radical (unpaired) electrons. The molecule has 1 unspecified atom stereocenters. The molecule has 0 spiro atoms. The van der Waals surface area contributed by atoms with E-state index in [2.05, 4.69) is 33.4 Å². The molecule has 1 amide bonds. The predicted octanol–water partition coefficient (Wildman–Crippen LogP) is 2.55. The summed E-state index contributed by atoms with van der Waals surface area (Å²) in [5, 5.41) is 2.97. The van der Waals surface area contributed by atoms with Crippen molar-refractivity contribution in [3.63, 3.8) is 0 Å². The number of amides is 1. The lowest BCUT2D eigenvalue weighted by Gasteiger charge is -2.14. The molecule has 1 atom stereocenters. The number of ether oxygens (including phenoxy) is 2. The van der Waals surface area contributed by atoms with Crippen molar-refractivity contribution in [1.29, 1.82) is 0 Å². The molecule has 0 bridgehead atoms. The Balaban J connectivity index is 2.19. The van der Waals surface area contributed by atoms with Gasteiger partial charge in [0.05, 0.1) is 19.8 Å². The van der Waals surface area contributed by atoms with E-state index in [9.17, 15) is 4.79 Å². The lowest BCUT2D eigenvalue weighted by Crippen LogP contribution is -2.34. The van der Waals surface area contributed by atoms with Gasteiger partial charge < -0.3 is 14.8 Å². The van der Waals surface area contributed by atoms with E-state index >= 15 is 0 Å². The second-order valence-corrected chi connectivity index (χ2v) is 5.57. The largest absolute Gasteiger partial charge is 0.382 e. The molecule has 0 saturated carbocycles. The number of nitrogens with one attached hydrogen (secondary N) is 1. The van der Waals surface area contributed by atoms with Gasteiger partial charge in [0, 0.05) is 24.0 Å². The summed E-state index contributed by atoms with van der Waals surface area (Å²) >= 11 is 3.41. The van der Waals surface area contributed by atoms with E-state index in [0.29, 0.717) is 26.2 Å². The average molecular weight is 344 g/mol. The third-order valence-corrected chi connectivity index (χ3v) is 3.30. The molecule has 0 aliphatic rings. The molecular weight excluding hydrogens is 322 g/mol. The fourth-order valence-corrected chi connectivity index (χ4v) is 2.05. The summed E-state index contributed by atoms with van der Waals surface area (Å²) in [4.78, 5) is 11.7. The van der Waals surface area contributed by atoms with E-state index in [1.165, 1.54) is 5.56 Å². The fraction of sp³-hybridized carbons (Fsp3) is 0.533. The highest BCUT2D eigenvalue weighted by Crippen LogP contribution is 2.11. The van der Waals surface area contributed by atoms with Crippen LogP contribution in [0.15, 0.2) is 28.7 Å². The van der Waals surface area contributed by atoms with Gasteiger partial charge in [0.1, 0.15) is 0 Å². The molecule has 4 nitrogen and oxygen atoms in total. The third-order valence-electron chi connectivity index (χ3n) is 2.77. The highest BCUT2D eigenvalue weighted by atomic mass is 79.9. The molecule has 1 N–H and O–H groups in total. The molecule has 1 aromatic carbocycles. The number of carbonyl (C=O) groups excluding carboxylic acids is 1. The Kier molecular flexibility index (Phi) is 8.49. The minimum atomic E-state index is 0.0204. The second-order valence-electron chi connectivity index (χ2n) is 4.65. The molecule has 5 heteroatoms. The summed E-state index contributed by atoms with van der Waals surface area (Å²) in [6.07, 6.45) is 1.21. The number of hydrogen-bond donors (Lipinski definition) is 1. The fourth-order valence-electron chi connectivity index (χ4n) is 1.78. The number of halogens is 1. The van der Waals surface area contributed by atoms with Gasteiger partial charge in [-0.3, -0.25) is 4.79 Å². The van der Waals surface area contributed by atoms with Crippen molar-refractivity contribution in [2.75, 3.05) is 26.9 Å². The molecule has 0 fully saturated rings. The maximum absolute atomic E-state index is 11.7. The van der Waals surface area contributed by atoms with Gasteiger partial charge in [0.15, 0.2) is 0 Å². The molecule has 0 aliphatic heterocycles. The van der Waals surface area contributed by atoms with Crippen molar-refractivity contribution in [2.45, 2.75) is 25.8 Å². The first-order valence-corrected chi connectivity index (χ1v) is 7.51. The summed E-state index contributed by atoms with van der Waals surface area (Å²) in [5.41, 5.74) is 1.21. The van der Waals surface area contributed by atoms with Crippen LogP contribution in [0.2, 0.25) is 0 Å². The van der Waals surface area contributed by atoms with Gasteiger partial charge in [-0.25, -0.2) is 0 Å². The van der Waals surface area contributed by atoms with Gasteiger partial charge in [0.25, 0.3) is 0 Å². The van der Waals surface area contributed by atoms with Gasteiger partial charge in [-0.2, -0.15) is 0 Å². The van der Waals surface area contributed by atoms with Crippen LogP contribution in [0.4, 0.5) is 0 Å². The first-order valence-electron chi connectivity index (χ1n) is 6.72. The second kappa shape index (κ2) is 9.91. The zero-order chi connectivity index (χ0) is 14.8. The van der Waals surface area contributed by atoms with Crippen molar-refractivity contribution in [2.24, 2.45) is 0 Å². The first kappa shape index (κ1) is 17.1. The topological polar surface area (TPSA) is 47.6 Å². The van der Waals surface area contributed by atoms with Crippen molar-refractivity contribution < 1.29 is 14.3 Å². The van der Waals surface area contributed by atoms with Gasteiger partial charge in [-0.15, -0.1) is 0 Å². The van der Waals surface area contributed by atoms with Crippen LogP contribution in [0.3, 0.4) is 0 Å². The zero-order valence-electron chi connectivity index (χ0n) is 12.0. The number of carbonyl (C=O) groups is 1. The highest BCUT2D eigenvalue weighted by Gasteiger charge is 2.08. The van der Waals surface area contributed by atoms with E-state index in [4.69, 9.17) is 9.47 Å². The van der Waals surface area contributed by atoms with E-state index < -0.39 is 0 Å². The van der Waals surface area contributed by atoms with Crippen molar-refractivity contribution in [3.05, 3.63) is 34.3 Å². The van der Waals surface area contributed by atoms with Crippen LogP contribution in [-0.4, -0.2) is 38.9 Å². The molecular formula is C15H22BrNO3. The average Bonchev–Trinajstić information content (AvgIpc) is 2.41. The van der Waals surface area contributed by atoms with Crippen molar-refractivity contribution in [3.8, 4) is 0 Å². The highest BCUT2D eigenvalue weighted by molar-refractivity contribution is 9.10. The minimum Gasteiger partial charge on any atom is -0.382 e. The Morgan fingerprint density at radius 1 is 1.25 bits per heavy atom. The van der Waals surface area contributed by atoms with Gasteiger partial charge in [-0.1, -0.05) is 28.1 Å². The monoisotopic (exact) mass is 343 g/mol. The summed E-state index contributed by atoms with van der Waals surface area (Å²) in [5.74, 6) is 0.0204. The maximum Gasteiger partial charge on any atom is 0.222 e.